The fourth-order valence-electron chi connectivity index (χ4n) is 3.25. The van der Waals surface area contributed by atoms with Crippen molar-refractivity contribution in [1.29, 1.82) is 0 Å². The highest BCUT2D eigenvalue weighted by Gasteiger charge is 2.47. The summed E-state index contributed by atoms with van der Waals surface area (Å²) in [4.78, 5) is 16.1. The molecule has 148 valence electrons. The van der Waals surface area contributed by atoms with Crippen molar-refractivity contribution in [1.82, 2.24) is 0 Å². The molecule has 1 aliphatic carbocycles. The second-order valence-corrected chi connectivity index (χ2v) is 6.22. The van der Waals surface area contributed by atoms with Crippen LogP contribution in [0.3, 0.4) is 0 Å². The van der Waals surface area contributed by atoms with Gasteiger partial charge < -0.3 is 5.11 Å². The summed E-state index contributed by atoms with van der Waals surface area (Å²) in [5, 5.41) is 7.00. The van der Waals surface area contributed by atoms with Gasteiger partial charge in [-0.1, -0.05) is 24.8 Å². The monoisotopic (exact) mass is 385 g/mol. The second kappa shape index (κ2) is 8.61. The lowest BCUT2D eigenvalue weighted by molar-refractivity contribution is -0.122. The van der Waals surface area contributed by atoms with Crippen LogP contribution in [0.4, 0.5) is 17.6 Å². The lowest BCUT2D eigenvalue weighted by atomic mass is 9.73. The van der Waals surface area contributed by atoms with Crippen molar-refractivity contribution in [2.24, 2.45) is 4.99 Å². The molecule has 1 aliphatic rings. The van der Waals surface area contributed by atoms with Gasteiger partial charge in [-0.25, -0.2) is 9.38 Å². The Hall–Kier alpha value is -2.28. The molecule has 1 aromatic carbocycles. The van der Waals surface area contributed by atoms with Gasteiger partial charge in [0.05, 0.1) is 5.41 Å². The number of Topliss-reactive ketones (excluding diaryl/α,β-unsaturated/α-hetero) is 1. The van der Waals surface area contributed by atoms with Crippen LogP contribution < -0.4 is 0 Å². The summed E-state index contributed by atoms with van der Waals surface area (Å²) in [7, 11) is 1.00. The number of hydrogen-bond donors (Lipinski definition) is 1. The van der Waals surface area contributed by atoms with Gasteiger partial charge in [0.25, 0.3) is 0 Å². The van der Waals surface area contributed by atoms with E-state index in [2.05, 4.69) is 11.6 Å². The first-order valence-electron chi connectivity index (χ1n) is 8.23. The number of allylic oxidation sites excluding steroid dienone is 3. The highest BCUT2D eigenvalue weighted by molar-refractivity contribution is 6.10. The molecule has 1 aromatic rings. The molecule has 0 radical (unpaired) electrons. The van der Waals surface area contributed by atoms with Gasteiger partial charge in [0.15, 0.2) is 0 Å². The molecule has 3 nitrogen and oxygen atoms in total. The summed E-state index contributed by atoms with van der Waals surface area (Å²) in [5.74, 6) is -0.686. The average Bonchev–Trinajstić information content (AvgIpc) is 2.98. The van der Waals surface area contributed by atoms with Crippen molar-refractivity contribution in [3.63, 3.8) is 0 Å². The maximum Gasteiger partial charge on any atom is 0.432 e. The largest absolute Gasteiger partial charge is 0.432 e. The highest BCUT2D eigenvalue weighted by Crippen LogP contribution is 2.45. The third-order valence-corrected chi connectivity index (χ3v) is 4.73. The molecule has 1 N–H and O–H groups in total. The predicted molar refractivity (Wildman–Crippen MR) is 97.3 cm³/mol. The quantitative estimate of drug-likeness (QED) is 0.758. The van der Waals surface area contributed by atoms with Gasteiger partial charge in [0.2, 0.25) is 0 Å². The van der Waals surface area contributed by atoms with E-state index in [9.17, 15) is 22.4 Å². The third kappa shape index (κ3) is 4.53. The van der Waals surface area contributed by atoms with Crippen molar-refractivity contribution >= 4 is 11.5 Å². The van der Waals surface area contributed by atoms with Crippen LogP contribution in [-0.4, -0.2) is 29.9 Å². The van der Waals surface area contributed by atoms with Crippen molar-refractivity contribution in [3.8, 4) is 0 Å². The second-order valence-electron chi connectivity index (χ2n) is 6.22. The zero-order valence-corrected chi connectivity index (χ0v) is 15.7. The van der Waals surface area contributed by atoms with Crippen LogP contribution in [0.25, 0.3) is 0 Å². The molecule has 0 heterocycles. The molecular formula is C20H23F4NO2. The van der Waals surface area contributed by atoms with Crippen LogP contribution >= 0.6 is 0 Å². The van der Waals surface area contributed by atoms with E-state index in [1.54, 1.807) is 26.0 Å². The van der Waals surface area contributed by atoms with Crippen LogP contribution in [0.5, 0.6) is 0 Å². The Balaban J connectivity index is 0.00000176. The molecule has 0 bridgehead atoms. The van der Waals surface area contributed by atoms with E-state index in [1.165, 1.54) is 19.1 Å². The first kappa shape index (κ1) is 22.8. The molecular weight excluding hydrogens is 362 g/mol. The Kier molecular flexibility index (Phi) is 7.25. The number of carbonyl (C=O) groups is 1. The molecule has 0 unspecified atom stereocenters. The molecule has 1 atom stereocenters. The van der Waals surface area contributed by atoms with E-state index in [0.717, 1.165) is 7.11 Å². The standard InChI is InChI=1S/C19H19F4NO.CH4O/c1-5-14-9-18(13(4)25,15-7-6-8-16(20)11(15)2)10-17(14)24-12(3)19(21,22)23;1-2/h5-8H,3,9-10H2,1-2,4H3;2H,1H3/b14-5-,24-17?;/t18-;/m1./s1. The number of hydrogen-bond acceptors (Lipinski definition) is 3. The van der Waals surface area contributed by atoms with Crippen molar-refractivity contribution in [2.45, 2.75) is 45.2 Å². The van der Waals surface area contributed by atoms with Gasteiger partial charge in [-0.05, 0) is 50.0 Å². The number of alkyl halides is 3. The lowest BCUT2D eigenvalue weighted by Gasteiger charge is -2.27. The molecule has 1 fully saturated rings. The fourth-order valence-corrected chi connectivity index (χ4v) is 3.25. The van der Waals surface area contributed by atoms with Crippen LogP contribution in [0, 0.1) is 12.7 Å². The van der Waals surface area contributed by atoms with Crippen molar-refractivity contribution in [3.05, 3.63) is 59.1 Å². The van der Waals surface area contributed by atoms with Gasteiger partial charge in [0, 0.05) is 19.2 Å². The van der Waals surface area contributed by atoms with Gasteiger partial charge in [0.1, 0.15) is 17.3 Å². The smallest absolute Gasteiger partial charge is 0.400 e. The zero-order valence-electron chi connectivity index (χ0n) is 15.7. The summed E-state index contributed by atoms with van der Waals surface area (Å²) < 4.78 is 52.3. The molecule has 1 saturated carbocycles. The SMILES string of the molecule is C=C(N=C1C[C@](C(C)=O)(c2cccc(F)c2C)C/C1=C/C)C(F)(F)F.CO. The first-order chi connectivity index (χ1) is 12.5. The Morgan fingerprint density at radius 3 is 2.37 bits per heavy atom. The summed E-state index contributed by atoms with van der Waals surface area (Å²) in [6.07, 6.45) is -2.82. The normalized spacial score (nSPS) is 22.6. The highest BCUT2D eigenvalue weighted by atomic mass is 19.4. The number of nitrogens with zero attached hydrogens (tertiary/aromatic N) is 1. The maximum absolute atomic E-state index is 14.0. The number of benzene rings is 1. The molecule has 0 amide bonds. The minimum atomic E-state index is -4.64. The maximum atomic E-state index is 14.0. The van der Waals surface area contributed by atoms with Crippen LogP contribution in [-0.2, 0) is 10.2 Å². The molecule has 0 saturated heterocycles. The van der Waals surface area contributed by atoms with Gasteiger partial charge >= 0.3 is 6.18 Å². The molecule has 7 heteroatoms. The number of aliphatic hydroxyl groups excluding tert-OH is 1. The summed E-state index contributed by atoms with van der Waals surface area (Å²) in [6, 6.07) is 4.44. The Bertz CT molecular complexity index is 794. The summed E-state index contributed by atoms with van der Waals surface area (Å²) in [5.41, 5.74) is -0.796. The zero-order chi connectivity index (χ0) is 21.0. The molecule has 0 spiro atoms. The number of halogens is 4. The predicted octanol–water partition coefficient (Wildman–Crippen LogP) is 4.83. The minimum absolute atomic E-state index is 0.0125. The van der Waals surface area contributed by atoms with Crippen LogP contribution in [0.2, 0.25) is 0 Å². The summed E-state index contributed by atoms with van der Waals surface area (Å²) in [6.45, 7) is 7.59. The third-order valence-electron chi connectivity index (χ3n) is 4.73. The first-order valence-corrected chi connectivity index (χ1v) is 8.23. The minimum Gasteiger partial charge on any atom is -0.400 e. The Labute approximate surface area is 156 Å². The van der Waals surface area contributed by atoms with E-state index in [4.69, 9.17) is 5.11 Å². The number of ketones is 1. The van der Waals surface area contributed by atoms with E-state index in [1.807, 2.05) is 0 Å². The number of carbonyl (C=O) groups excluding carboxylic acids is 1. The number of aliphatic hydroxyl groups is 1. The lowest BCUT2D eigenvalue weighted by Crippen LogP contribution is -2.32. The van der Waals surface area contributed by atoms with E-state index in [0.29, 0.717) is 16.7 Å². The summed E-state index contributed by atoms with van der Waals surface area (Å²) >= 11 is 0. The molecule has 27 heavy (non-hydrogen) atoms. The molecule has 0 aromatic heterocycles. The Morgan fingerprint density at radius 2 is 1.89 bits per heavy atom. The van der Waals surface area contributed by atoms with E-state index < -0.39 is 23.1 Å². The number of aliphatic imine (C=N–C) groups is 1. The Morgan fingerprint density at radius 1 is 1.30 bits per heavy atom. The molecule has 0 aliphatic heterocycles. The van der Waals surface area contributed by atoms with Crippen LogP contribution in [0.15, 0.2) is 47.1 Å². The fraction of sp³-hybridized carbons (Fsp3) is 0.400. The topological polar surface area (TPSA) is 49.7 Å². The van der Waals surface area contributed by atoms with Gasteiger partial charge in [-0.15, -0.1) is 0 Å². The van der Waals surface area contributed by atoms with Crippen LogP contribution in [0.1, 0.15) is 37.8 Å². The van der Waals surface area contributed by atoms with Gasteiger partial charge in [-0.3, -0.25) is 4.79 Å². The van der Waals surface area contributed by atoms with E-state index in [-0.39, 0.29) is 24.3 Å². The average molecular weight is 385 g/mol. The van der Waals surface area contributed by atoms with Gasteiger partial charge in [-0.2, -0.15) is 13.2 Å². The van der Waals surface area contributed by atoms with Crippen molar-refractivity contribution < 1.29 is 27.5 Å². The van der Waals surface area contributed by atoms with E-state index >= 15 is 0 Å². The number of rotatable bonds is 3. The van der Waals surface area contributed by atoms with Crippen molar-refractivity contribution in [2.75, 3.05) is 7.11 Å². The molecule has 2 rings (SSSR count).